The van der Waals surface area contributed by atoms with E-state index in [9.17, 15) is 9.59 Å². The molecular formula is C29H31N5O3. The molecular weight excluding hydrogens is 466 g/mol. The number of para-hydroxylation sites is 1. The Morgan fingerprint density at radius 1 is 0.946 bits per heavy atom. The van der Waals surface area contributed by atoms with Crippen molar-refractivity contribution in [3.63, 3.8) is 0 Å². The number of nitrogens with one attached hydrogen (secondary N) is 1. The number of amides is 2. The fraction of sp³-hybridized carbons (Fsp3) is 0.310. The van der Waals surface area contributed by atoms with E-state index in [1.165, 1.54) is 0 Å². The monoisotopic (exact) mass is 497 g/mol. The van der Waals surface area contributed by atoms with Gasteiger partial charge in [0.2, 0.25) is 5.91 Å². The molecule has 1 N–H and O–H groups in total. The summed E-state index contributed by atoms with van der Waals surface area (Å²) in [5, 5.41) is 7.76. The van der Waals surface area contributed by atoms with Crippen LogP contribution in [0.15, 0.2) is 53.1 Å². The smallest absolute Gasteiger partial charge is 0.259 e. The Morgan fingerprint density at radius 3 is 2.30 bits per heavy atom. The van der Waals surface area contributed by atoms with Gasteiger partial charge in [-0.1, -0.05) is 53.2 Å². The van der Waals surface area contributed by atoms with Crippen LogP contribution in [0.2, 0.25) is 0 Å². The molecule has 4 aromatic rings. The molecule has 1 aliphatic heterocycles. The molecule has 2 aromatic heterocycles. The molecule has 0 saturated carbocycles. The Kier molecular flexibility index (Phi) is 6.76. The number of aromatic nitrogens is 2. The highest BCUT2D eigenvalue weighted by Crippen LogP contribution is 2.28. The van der Waals surface area contributed by atoms with Crippen molar-refractivity contribution in [2.45, 2.75) is 27.7 Å². The summed E-state index contributed by atoms with van der Waals surface area (Å²) in [7, 11) is 0. The first-order valence-electron chi connectivity index (χ1n) is 12.5. The summed E-state index contributed by atoms with van der Waals surface area (Å²) >= 11 is 0. The van der Waals surface area contributed by atoms with E-state index in [0.29, 0.717) is 54.2 Å². The van der Waals surface area contributed by atoms with Crippen molar-refractivity contribution in [1.82, 2.24) is 19.9 Å². The molecule has 2 aromatic carbocycles. The standard InChI is InChI=1S/C29H31N5O3/c1-18-8-10-22(11-9-18)24-16-23(26-21(4)32-37-28(26)30-24)29(36)34-14-12-33(13-15-34)17-25(35)31-27-19(2)6-5-7-20(27)3/h5-11,16H,12-15,17H2,1-4H3,(H,31,35). The van der Waals surface area contributed by atoms with Crippen LogP contribution in [0, 0.1) is 27.7 Å². The predicted octanol–water partition coefficient (Wildman–Crippen LogP) is 4.52. The quantitative estimate of drug-likeness (QED) is 0.436. The molecule has 1 aliphatic rings. The first-order valence-corrected chi connectivity index (χ1v) is 12.5. The number of rotatable bonds is 5. The van der Waals surface area contributed by atoms with Crippen LogP contribution in [-0.2, 0) is 4.79 Å². The van der Waals surface area contributed by atoms with Crippen molar-refractivity contribution in [2.24, 2.45) is 0 Å². The lowest BCUT2D eigenvalue weighted by Gasteiger charge is -2.34. The third-order valence-corrected chi connectivity index (χ3v) is 6.97. The molecule has 5 rings (SSSR count). The van der Waals surface area contributed by atoms with E-state index in [2.05, 4.69) is 20.4 Å². The third kappa shape index (κ3) is 5.11. The van der Waals surface area contributed by atoms with E-state index < -0.39 is 0 Å². The lowest BCUT2D eigenvalue weighted by Crippen LogP contribution is -2.50. The average Bonchev–Trinajstić information content (AvgIpc) is 3.27. The number of hydrogen-bond acceptors (Lipinski definition) is 6. The van der Waals surface area contributed by atoms with Crippen LogP contribution in [-0.4, -0.2) is 64.5 Å². The summed E-state index contributed by atoms with van der Waals surface area (Å²) in [6.45, 7) is 10.4. The van der Waals surface area contributed by atoms with Crippen LogP contribution in [0.1, 0.15) is 32.7 Å². The second-order valence-electron chi connectivity index (χ2n) is 9.75. The van der Waals surface area contributed by atoms with Crippen LogP contribution in [0.4, 0.5) is 5.69 Å². The van der Waals surface area contributed by atoms with Gasteiger partial charge in [0.1, 0.15) is 0 Å². The van der Waals surface area contributed by atoms with Gasteiger partial charge in [-0.25, -0.2) is 4.98 Å². The molecule has 1 fully saturated rings. The number of piperazine rings is 1. The third-order valence-electron chi connectivity index (χ3n) is 6.97. The molecule has 0 spiro atoms. The summed E-state index contributed by atoms with van der Waals surface area (Å²) in [6.07, 6.45) is 0. The minimum atomic E-state index is -0.0771. The Labute approximate surface area is 216 Å². The van der Waals surface area contributed by atoms with E-state index in [1.807, 2.05) is 81.1 Å². The molecule has 0 radical (unpaired) electrons. The number of benzene rings is 2. The number of nitrogens with zero attached hydrogens (tertiary/aromatic N) is 4. The second kappa shape index (κ2) is 10.1. The number of fused-ring (bicyclic) bond motifs is 1. The highest BCUT2D eigenvalue weighted by Gasteiger charge is 2.27. The van der Waals surface area contributed by atoms with Crippen molar-refractivity contribution < 1.29 is 14.1 Å². The van der Waals surface area contributed by atoms with Crippen molar-refractivity contribution in [3.8, 4) is 11.3 Å². The van der Waals surface area contributed by atoms with Crippen molar-refractivity contribution in [3.05, 3.63) is 76.5 Å². The minimum absolute atomic E-state index is 0.0455. The average molecular weight is 498 g/mol. The van der Waals surface area contributed by atoms with Gasteiger partial charge in [0.05, 0.1) is 28.9 Å². The first kappa shape index (κ1) is 24.6. The van der Waals surface area contributed by atoms with E-state index in [0.717, 1.165) is 27.9 Å². The molecule has 0 bridgehead atoms. The van der Waals surface area contributed by atoms with Crippen LogP contribution in [0.25, 0.3) is 22.4 Å². The number of aryl methyl sites for hydroxylation is 4. The van der Waals surface area contributed by atoms with Gasteiger partial charge in [-0.05, 0) is 44.9 Å². The molecule has 1 saturated heterocycles. The van der Waals surface area contributed by atoms with Gasteiger partial charge in [-0.3, -0.25) is 14.5 Å². The molecule has 37 heavy (non-hydrogen) atoms. The SMILES string of the molecule is Cc1ccc(-c2cc(C(=O)N3CCN(CC(=O)Nc4c(C)cccc4C)CC3)c3c(C)noc3n2)cc1. The zero-order valence-electron chi connectivity index (χ0n) is 21.7. The number of hydrogen-bond donors (Lipinski definition) is 1. The zero-order valence-corrected chi connectivity index (χ0v) is 21.7. The Morgan fingerprint density at radius 2 is 1.62 bits per heavy atom. The number of anilines is 1. The van der Waals surface area contributed by atoms with Crippen LogP contribution in [0.5, 0.6) is 0 Å². The molecule has 0 atom stereocenters. The van der Waals surface area contributed by atoms with Crippen molar-refractivity contribution in [1.29, 1.82) is 0 Å². The number of pyridine rings is 1. The van der Waals surface area contributed by atoms with Crippen LogP contribution >= 0.6 is 0 Å². The molecule has 0 aliphatic carbocycles. The lowest BCUT2D eigenvalue weighted by molar-refractivity contribution is -0.117. The molecule has 190 valence electrons. The fourth-order valence-electron chi connectivity index (χ4n) is 4.81. The number of carbonyl (C=O) groups is 2. The van der Waals surface area contributed by atoms with Gasteiger partial charge < -0.3 is 14.7 Å². The van der Waals surface area contributed by atoms with E-state index in [1.54, 1.807) is 0 Å². The molecule has 2 amide bonds. The molecule has 8 heteroatoms. The normalized spacial score (nSPS) is 14.2. The van der Waals surface area contributed by atoms with E-state index >= 15 is 0 Å². The highest BCUT2D eigenvalue weighted by molar-refractivity contribution is 6.07. The Hall–Kier alpha value is -4.04. The number of carbonyl (C=O) groups excluding carboxylic acids is 2. The largest absolute Gasteiger partial charge is 0.336 e. The van der Waals surface area contributed by atoms with Crippen LogP contribution in [0.3, 0.4) is 0 Å². The second-order valence-corrected chi connectivity index (χ2v) is 9.75. The van der Waals surface area contributed by atoms with Gasteiger partial charge in [0.25, 0.3) is 11.6 Å². The molecule has 3 heterocycles. The van der Waals surface area contributed by atoms with Crippen molar-refractivity contribution >= 4 is 28.6 Å². The van der Waals surface area contributed by atoms with Gasteiger partial charge in [0.15, 0.2) is 0 Å². The maximum absolute atomic E-state index is 13.7. The van der Waals surface area contributed by atoms with Gasteiger partial charge in [-0.15, -0.1) is 0 Å². The summed E-state index contributed by atoms with van der Waals surface area (Å²) in [5.74, 6) is -0.123. The van der Waals surface area contributed by atoms with Crippen molar-refractivity contribution in [2.75, 3.05) is 38.0 Å². The predicted molar refractivity (Wildman–Crippen MR) is 144 cm³/mol. The fourth-order valence-corrected chi connectivity index (χ4v) is 4.81. The summed E-state index contributed by atoms with van der Waals surface area (Å²) < 4.78 is 5.45. The Bertz CT molecular complexity index is 1450. The van der Waals surface area contributed by atoms with Gasteiger partial charge in [-0.2, -0.15) is 0 Å². The maximum Gasteiger partial charge on any atom is 0.259 e. The molecule has 0 unspecified atom stereocenters. The lowest BCUT2D eigenvalue weighted by atomic mass is 10.0. The highest BCUT2D eigenvalue weighted by atomic mass is 16.5. The van der Waals surface area contributed by atoms with E-state index in [4.69, 9.17) is 4.52 Å². The maximum atomic E-state index is 13.7. The topological polar surface area (TPSA) is 91.6 Å². The zero-order chi connectivity index (χ0) is 26.1. The first-order chi connectivity index (χ1) is 17.8. The van der Waals surface area contributed by atoms with E-state index in [-0.39, 0.29) is 18.4 Å². The van der Waals surface area contributed by atoms with Gasteiger partial charge >= 0.3 is 0 Å². The minimum Gasteiger partial charge on any atom is -0.336 e. The van der Waals surface area contributed by atoms with Gasteiger partial charge in [0, 0.05) is 37.4 Å². The summed E-state index contributed by atoms with van der Waals surface area (Å²) in [6, 6.07) is 15.8. The summed E-state index contributed by atoms with van der Waals surface area (Å²) in [4.78, 5) is 34.9. The Balaban J connectivity index is 1.29. The molecule has 8 nitrogen and oxygen atoms in total. The van der Waals surface area contributed by atoms with Crippen LogP contribution < -0.4 is 5.32 Å². The summed E-state index contributed by atoms with van der Waals surface area (Å²) in [5.41, 5.74) is 7.24.